The highest BCUT2D eigenvalue weighted by molar-refractivity contribution is 5.70. The van der Waals surface area contributed by atoms with Gasteiger partial charge < -0.3 is 0 Å². The zero-order chi connectivity index (χ0) is 30.1. The van der Waals surface area contributed by atoms with E-state index in [0.717, 1.165) is 13.1 Å². The third-order valence-electron chi connectivity index (χ3n) is 8.92. The molecule has 0 heterocycles. The molecule has 2 heteroatoms. The highest BCUT2D eigenvalue weighted by Gasteiger charge is 2.15. The van der Waals surface area contributed by atoms with Gasteiger partial charge in [0.2, 0.25) is 0 Å². The fourth-order valence-electron chi connectivity index (χ4n) is 6.27. The molecule has 2 aromatic carbocycles. The van der Waals surface area contributed by atoms with Crippen LogP contribution in [0.1, 0.15) is 154 Å². The number of unbranched alkanes of at least 4 members (excludes halogenated alkanes) is 14. The monoisotopic (exact) mass is 577 g/mol. The molecule has 0 unspecified atom stereocenters. The SMILES string of the molecule is CCCCCCCCN(CCCCC)Cc1ccccc1-c1ccccc1CN(CCCCC)CCCCCCCC. The van der Waals surface area contributed by atoms with E-state index in [1.165, 1.54) is 164 Å². The number of nitrogens with zero attached hydrogens (tertiary/aromatic N) is 2. The van der Waals surface area contributed by atoms with E-state index in [-0.39, 0.29) is 0 Å². The van der Waals surface area contributed by atoms with Crippen LogP contribution in [0.25, 0.3) is 11.1 Å². The van der Waals surface area contributed by atoms with Crippen LogP contribution in [0.15, 0.2) is 48.5 Å². The molecular weight excluding hydrogens is 508 g/mol. The summed E-state index contributed by atoms with van der Waals surface area (Å²) in [5.74, 6) is 0. The van der Waals surface area contributed by atoms with E-state index < -0.39 is 0 Å². The summed E-state index contributed by atoms with van der Waals surface area (Å²) in [6.45, 7) is 16.3. The number of rotatable bonds is 27. The molecule has 0 aliphatic carbocycles. The number of benzene rings is 2. The van der Waals surface area contributed by atoms with Gasteiger partial charge in [0.15, 0.2) is 0 Å². The smallest absolute Gasteiger partial charge is 0.0239 e. The highest BCUT2D eigenvalue weighted by Crippen LogP contribution is 2.29. The van der Waals surface area contributed by atoms with Gasteiger partial charge in [0.1, 0.15) is 0 Å². The topological polar surface area (TPSA) is 6.48 Å². The molecule has 2 nitrogen and oxygen atoms in total. The average Bonchev–Trinajstić information content (AvgIpc) is 3.01. The molecule has 238 valence electrons. The van der Waals surface area contributed by atoms with E-state index in [1.54, 1.807) is 0 Å². The Morgan fingerprint density at radius 2 is 0.643 bits per heavy atom. The van der Waals surface area contributed by atoms with Gasteiger partial charge in [0.05, 0.1) is 0 Å². The van der Waals surface area contributed by atoms with Gasteiger partial charge in [0.25, 0.3) is 0 Å². The van der Waals surface area contributed by atoms with E-state index in [2.05, 4.69) is 86.0 Å². The fraction of sp³-hybridized carbons (Fsp3) is 0.700. The molecule has 0 bridgehead atoms. The Bertz CT molecular complexity index is 817. The van der Waals surface area contributed by atoms with E-state index in [4.69, 9.17) is 0 Å². The van der Waals surface area contributed by atoms with Crippen LogP contribution in [0.4, 0.5) is 0 Å². The zero-order valence-electron chi connectivity index (χ0n) is 28.5. The molecule has 0 aliphatic rings. The van der Waals surface area contributed by atoms with E-state index in [9.17, 15) is 0 Å². The average molecular weight is 577 g/mol. The van der Waals surface area contributed by atoms with Crippen LogP contribution >= 0.6 is 0 Å². The maximum Gasteiger partial charge on any atom is 0.0239 e. The van der Waals surface area contributed by atoms with Gasteiger partial charge in [0, 0.05) is 13.1 Å². The molecule has 0 aromatic heterocycles. The summed E-state index contributed by atoms with van der Waals surface area (Å²) in [6.07, 6.45) is 24.4. The van der Waals surface area contributed by atoms with Crippen LogP contribution in [-0.2, 0) is 13.1 Å². The van der Waals surface area contributed by atoms with Crippen molar-refractivity contribution in [3.8, 4) is 11.1 Å². The fourth-order valence-corrected chi connectivity index (χ4v) is 6.27. The van der Waals surface area contributed by atoms with Crippen molar-refractivity contribution in [1.29, 1.82) is 0 Å². The number of hydrogen-bond donors (Lipinski definition) is 0. The Balaban J connectivity index is 2.15. The summed E-state index contributed by atoms with van der Waals surface area (Å²) in [5.41, 5.74) is 5.90. The quantitative estimate of drug-likeness (QED) is 0.0976. The lowest BCUT2D eigenvalue weighted by Gasteiger charge is -2.26. The van der Waals surface area contributed by atoms with Crippen molar-refractivity contribution in [2.24, 2.45) is 0 Å². The lowest BCUT2D eigenvalue weighted by molar-refractivity contribution is 0.252. The van der Waals surface area contributed by atoms with Crippen molar-refractivity contribution in [3.63, 3.8) is 0 Å². The normalized spacial score (nSPS) is 11.7. The van der Waals surface area contributed by atoms with Crippen LogP contribution in [-0.4, -0.2) is 36.0 Å². The van der Waals surface area contributed by atoms with Gasteiger partial charge in [-0.15, -0.1) is 0 Å². The third kappa shape index (κ3) is 15.7. The number of hydrogen-bond acceptors (Lipinski definition) is 2. The predicted molar refractivity (Wildman–Crippen MR) is 188 cm³/mol. The van der Waals surface area contributed by atoms with Gasteiger partial charge in [-0.1, -0.05) is 166 Å². The molecule has 0 N–H and O–H groups in total. The predicted octanol–water partition coefficient (Wildman–Crippen LogP) is 12.1. The standard InChI is InChI=1S/C40H68N2/c1-5-9-13-15-17-25-33-41(31-23-11-7-3)35-37-27-19-21-29-39(37)40-30-22-20-28-38(40)36-42(32-24-12-8-4)34-26-18-16-14-10-6-2/h19-22,27-30H,5-18,23-26,31-36H2,1-4H3. The Morgan fingerprint density at radius 1 is 0.357 bits per heavy atom. The van der Waals surface area contributed by atoms with Crippen LogP contribution in [0.5, 0.6) is 0 Å². The maximum atomic E-state index is 2.76. The molecule has 0 spiro atoms. The summed E-state index contributed by atoms with van der Waals surface area (Å²) in [6, 6.07) is 18.6. The molecule has 0 fully saturated rings. The maximum absolute atomic E-state index is 2.76. The summed E-state index contributed by atoms with van der Waals surface area (Å²) in [5, 5.41) is 0. The minimum absolute atomic E-state index is 1.07. The van der Waals surface area contributed by atoms with Crippen molar-refractivity contribution in [2.45, 2.75) is 156 Å². The molecule has 0 amide bonds. The van der Waals surface area contributed by atoms with Crippen molar-refractivity contribution in [3.05, 3.63) is 59.7 Å². The molecule has 2 rings (SSSR count). The molecule has 42 heavy (non-hydrogen) atoms. The Labute approximate surface area is 262 Å². The summed E-state index contributed by atoms with van der Waals surface area (Å²) in [4.78, 5) is 5.51. The van der Waals surface area contributed by atoms with Gasteiger partial charge in [-0.05, 0) is 74.1 Å². The summed E-state index contributed by atoms with van der Waals surface area (Å²) < 4.78 is 0. The van der Waals surface area contributed by atoms with Gasteiger partial charge in [-0.2, -0.15) is 0 Å². The Kier molecular flexibility index (Phi) is 21.6. The second kappa shape index (κ2) is 24.8. The van der Waals surface area contributed by atoms with Crippen molar-refractivity contribution < 1.29 is 0 Å². The first kappa shape index (κ1) is 36.6. The lowest BCUT2D eigenvalue weighted by Crippen LogP contribution is -2.27. The van der Waals surface area contributed by atoms with Crippen LogP contribution in [0.3, 0.4) is 0 Å². The molecule has 0 saturated carbocycles. The highest BCUT2D eigenvalue weighted by atomic mass is 15.1. The van der Waals surface area contributed by atoms with Crippen molar-refractivity contribution >= 4 is 0 Å². The molecule has 0 aliphatic heterocycles. The van der Waals surface area contributed by atoms with Gasteiger partial charge >= 0.3 is 0 Å². The molecule has 0 atom stereocenters. The first-order valence-electron chi connectivity index (χ1n) is 18.3. The second-order valence-electron chi connectivity index (χ2n) is 12.8. The van der Waals surface area contributed by atoms with Crippen LogP contribution < -0.4 is 0 Å². The second-order valence-corrected chi connectivity index (χ2v) is 12.8. The molecule has 2 aromatic rings. The van der Waals surface area contributed by atoms with Crippen LogP contribution in [0, 0.1) is 0 Å². The Morgan fingerprint density at radius 3 is 1.02 bits per heavy atom. The van der Waals surface area contributed by atoms with Gasteiger partial charge in [-0.3, -0.25) is 9.80 Å². The van der Waals surface area contributed by atoms with Gasteiger partial charge in [-0.25, -0.2) is 0 Å². The van der Waals surface area contributed by atoms with E-state index >= 15 is 0 Å². The third-order valence-corrected chi connectivity index (χ3v) is 8.92. The largest absolute Gasteiger partial charge is 0.299 e. The lowest BCUT2D eigenvalue weighted by atomic mass is 9.94. The summed E-state index contributed by atoms with van der Waals surface area (Å²) >= 11 is 0. The van der Waals surface area contributed by atoms with Crippen molar-refractivity contribution in [2.75, 3.05) is 26.2 Å². The van der Waals surface area contributed by atoms with Crippen molar-refractivity contribution in [1.82, 2.24) is 9.80 Å². The molecular formula is C40H68N2. The first-order chi connectivity index (χ1) is 20.7. The Hall–Kier alpha value is -1.64. The minimum atomic E-state index is 1.07. The van der Waals surface area contributed by atoms with E-state index in [0.29, 0.717) is 0 Å². The molecule has 0 radical (unpaired) electrons. The zero-order valence-corrected chi connectivity index (χ0v) is 28.5. The molecule has 0 saturated heterocycles. The van der Waals surface area contributed by atoms with Crippen LogP contribution in [0.2, 0.25) is 0 Å². The first-order valence-corrected chi connectivity index (χ1v) is 18.3. The summed E-state index contributed by atoms with van der Waals surface area (Å²) in [7, 11) is 0. The minimum Gasteiger partial charge on any atom is -0.299 e. The van der Waals surface area contributed by atoms with E-state index in [1.807, 2.05) is 0 Å².